The molecule has 2 aromatic rings. The summed E-state index contributed by atoms with van der Waals surface area (Å²) in [4.78, 5) is 14.2. The molecule has 4 rings (SSSR count). The van der Waals surface area contributed by atoms with Gasteiger partial charge in [-0.3, -0.25) is 4.79 Å². The molecule has 7 nitrogen and oxygen atoms in total. The maximum Gasteiger partial charge on any atom is 0.247 e. The lowest BCUT2D eigenvalue weighted by atomic mass is 10.0. The Morgan fingerprint density at radius 1 is 1.24 bits per heavy atom. The number of sulfonamides is 1. The monoisotopic (exact) mass is 490 g/mol. The summed E-state index contributed by atoms with van der Waals surface area (Å²) in [6.07, 6.45) is 1.31. The van der Waals surface area contributed by atoms with Crippen LogP contribution in [0.2, 0.25) is 0 Å². The van der Waals surface area contributed by atoms with E-state index in [4.69, 9.17) is 4.74 Å². The van der Waals surface area contributed by atoms with Gasteiger partial charge in [0, 0.05) is 31.5 Å². The van der Waals surface area contributed by atoms with Crippen LogP contribution >= 0.6 is 0 Å². The number of ether oxygens (including phenoxy) is 1. The molecule has 1 saturated carbocycles. The molecule has 2 aliphatic rings. The molecular formula is C25H31FN2O5S. The number of likely N-dealkylation sites (N-methyl/N-ethyl adjacent to an activating group) is 1. The average molecular weight is 491 g/mol. The van der Waals surface area contributed by atoms with Crippen molar-refractivity contribution in [2.24, 2.45) is 11.8 Å². The van der Waals surface area contributed by atoms with Crippen molar-refractivity contribution < 1.29 is 27.4 Å². The number of carbonyl (C=O) groups is 1. The van der Waals surface area contributed by atoms with Gasteiger partial charge in [-0.1, -0.05) is 25.1 Å². The number of aliphatic hydroxyl groups excluding tert-OH is 1. The Labute approximate surface area is 200 Å². The number of rotatable bonds is 6. The SMILES string of the molecule is C[C@@H]1CN([C@H](C)CO)S(=O)(=O)c2ccc(-c3cccc(F)c3)cc2O[C@@H]1CN(C)C(=O)C1CC1. The van der Waals surface area contributed by atoms with Crippen molar-refractivity contribution >= 4 is 15.9 Å². The van der Waals surface area contributed by atoms with E-state index in [0.29, 0.717) is 17.7 Å². The van der Waals surface area contributed by atoms with Gasteiger partial charge in [0.05, 0.1) is 13.2 Å². The normalized spacial score (nSPS) is 23.2. The molecule has 1 aliphatic heterocycles. The number of halogens is 1. The lowest BCUT2D eigenvalue weighted by Gasteiger charge is -2.37. The zero-order valence-electron chi connectivity index (χ0n) is 19.6. The van der Waals surface area contributed by atoms with Crippen LogP contribution in [0.15, 0.2) is 47.4 Å². The number of hydrogen-bond acceptors (Lipinski definition) is 5. The summed E-state index contributed by atoms with van der Waals surface area (Å²) in [6.45, 7) is 3.67. The zero-order valence-corrected chi connectivity index (χ0v) is 20.5. The molecule has 1 heterocycles. The van der Waals surface area contributed by atoms with Crippen molar-refractivity contribution in [2.45, 2.75) is 43.7 Å². The lowest BCUT2D eigenvalue weighted by molar-refractivity contribution is -0.132. The van der Waals surface area contributed by atoms with Crippen LogP contribution in [0.3, 0.4) is 0 Å². The molecule has 1 N–H and O–H groups in total. The van der Waals surface area contributed by atoms with E-state index in [-0.39, 0.29) is 41.5 Å². The molecule has 9 heteroatoms. The van der Waals surface area contributed by atoms with Crippen LogP contribution in [0.5, 0.6) is 5.75 Å². The minimum absolute atomic E-state index is 0.0129. The Morgan fingerprint density at radius 3 is 2.59 bits per heavy atom. The molecule has 0 unspecified atom stereocenters. The molecule has 0 saturated heterocycles. The third-order valence-corrected chi connectivity index (χ3v) is 8.60. The second kappa shape index (κ2) is 9.64. The topological polar surface area (TPSA) is 87.2 Å². The van der Waals surface area contributed by atoms with Gasteiger partial charge in [-0.05, 0) is 55.2 Å². The van der Waals surface area contributed by atoms with E-state index in [0.717, 1.165) is 12.8 Å². The molecule has 0 radical (unpaired) electrons. The van der Waals surface area contributed by atoms with Gasteiger partial charge in [0.1, 0.15) is 22.6 Å². The first-order chi connectivity index (χ1) is 16.1. The van der Waals surface area contributed by atoms with Gasteiger partial charge in [-0.15, -0.1) is 0 Å². The number of hydrogen-bond donors (Lipinski definition) is 1. The Kier molecular flexibility index (Phi) is 6.98. The number of amides is 1. The fourth-order valence-corrected chi connectivity index (χ4v) is 6.12. The quantitative estimate of drug-likeness (QED) is 0.672. The molecule has 2 aromatic carbocycles. The van der Waals surface area contributed by atoms with Gasteiger partial charge in [0.15, 0.2) is 0 Å². The number of aliphatic hydroxyl groups is 1. The number of fused-ring (bicyclic) bond motifs is 1. The second-order valence-corrected chi connectivity index (χ2v) is 11.3. The Hall–Kier alpha value is -2.49. The lowest BCUT2D eigenvalue weighted by Crippen LogP contribution is -2.50. The van der Waals surface area contributed by atoms with Gasteiger partial charge in [-0.2, -0.15) is 4.31 Å². The highest BCUT2D eigenvalue weighted by atomic mass is 32.2. The molecular weight excluding hydrogens is 459 g/mol. The third-order valence-electron chi connectivity index (χ3n) is 6.58. The van der Waals surface area contributed by atoms with E-state index in [1.807, 2.05) is 6.92 Å². The van der Waals surface area contributed by atoms with Crippen LogP contribution in [0, 0.1) is 17.7 Å². The molecule has 0 spiro atoms. The van der Waals surface area contributed by atoms with E-state index in [1.54, 1.807) is 43.1 Å². The van der Waals surface area contributed by atoms with E-state index < -0.39 is 28.0 Å². The average Bonchev–Trinajstić information content (AvgIpc) is 3.65. The van der Waals surface area contributed by atoms with E-state index >= 15 is 0 Å². The predicted molar refractivity (Wildman–Crippen MR) is 126 cm³/mol. The first-order valence-corrected chi connectivity index (χ1v) is 13.0. The molecule has 0 aromatic heterocycles. The van der Waals surface area contributed by atoms with E-state index in [9.17, 15) is 22.7 Å². The van der Waals surface area contributed by atoms with Crippen molar-refractivity contribution in [2.75, 3.05) is 26.7 Å². The smallest absolute Gasteiger partial charge is 0.247 e. The van der Waals surface area contributed by atoms with Crippen LogP contribution in [0.25, 0.3) is 11.1 Å². The third kappa shape index (κ3) is 4.96. The number of nitrogens with zero attached hydrogens (tertiary/aromatic N) is 2. The van der Waals surface area contributed by atoms with Crippen molar-refractivity contribution in [1.29, 1.82) is 0 Å². The van der Waals surface area contributed by atoms with E-state index in [2.05, 4.69) is 0 Å². The molecule has 1 aliphatic carbocycles. The van der Waals surface area contributed by atoms with Crippen molar-refractivity contribution in [3.05, 3.63) is 48.3 Å². The Morgan fingerprint density at radius 2 is 1.94 bits per heavy atom. The maximum absolute atomic E-state index is 13.8. The summed E-state index contributed by atoms with van der Waals surface area (Å²) in [5.41, 5.74) is 1.21. The first-order valence-electron chi connectivity index (χ1n) is 11.6. The molecule has 3 atom stereocenters. The predicted octanol–water partition coefficient (Wildman–Crippen LogP) is 3.13. The molecule has 1 amide bonds. The van der Waals surface area contributed by atoms with Gasteiger partial charge in [0.2, 0.25) is 15.9 Å². The minimum atomic E-state index is -3.97. The van der Waals surface area contributed by atoms with Crippen LogP contribution in [0.4, 0.5) is 4.39 Å². The molecule has 1 fully saturated rings. The Balaban J connectivity index is 1.77. The highest BCUT2D eigenvalue weighted by Gasteiger charge is 2.39. The summed E-state index contributed by atoms with van der Waals surface area (Å²) in [5.74, 6) is -0.371. The van der Waals surface area contributed by atoms with Crippen LogP contribution in [-0.4, -0.2) is 67.5 Å². The van der Waals surface area contributed by atoms with Crippen molar-refractivity contribution in [3.63, 3.8) is 0 Å². The van der Waals surface area contributed by atoms with Gasteiger partial charge in [-0.25, -0.2) is 12.8 Å². The highest BCUT2D eigenvalue weighted by Crippen LogP contribution is 2.37. The number of carbonyl (C=O) groups excluding carboxylic acids is 1. The molecule has 184 valence electrons. The standard InChI is InChI=1S/C25H31FN2O5S/c1-16-13-28(17(2)15-29)34(31,32)24-10-9-20(19-5-4-6-21(26)11-19)12-22(24)33-23(16)14-27(3)25(30)18-7-8-18/h4-6,9-12,16-18,23,29H,7-8,13-15H2,1-3H3/t16-,17-,23-/m1/s1. The van der Waals surface area contributed by atoms with Gasteiger partial charge in [0.25, 0.3) is 0 Å². The fraction of sp³-hybridized carbons (Fsp3) is 0.480. The van der Waals surface area contributed by atoms with Gasteiger partial charge < -0.3 is 14.7 Å². The van der Waals surface area contributed by atoms with Crippen LogP contribution < -0.4 is 4.74 Å². The molecule has 34 heavy (non-hydrogen) atoms. The van der Waals surface area contributed by atoms with Crippen molar-refractivity contribution in [1.82, 2.24) is 9.21 Å². The maximum atomic E-state index is 13.8. The Bertz CT molecular complexity index is 1170. The summed E-state index contributed by atoms with van der Waals surface area (Å²) >= 11 is 0. The largest absolute Gasteiger partial charge is 0.487 e. The summed E-state index contributed by atoms with van der Waals surface area (Å²) in [7, 11) is -2.23. The van der Waals surface area contributed by atoms with Gasteiger partial charge >= 0.3 is 0 Å². The summed E-state index contributed by atoms with van der Waals surface area (Å²) in [6, 6.07) is 10.1. The molecule has 0 bridgehead atoms. The summed E-state index contributed by atoms with van der Waals surface area (Å²) < 4.78 is 48.6. The highest BCUT2D eigenvalue weighted by molar-refractivity contribution is 7.89. The number of benzene rings is 2. The second-order valence-electron chi connectivity index (χ2n) is 9.40. The van der Waals surface area contributed by atoms with Crippen LogP contribution in [0.1, 0.15) is 26.7 Å². The fourth-order valence-electron chi connectivity index (χ4n) is 4.29. The van der Waals surface area contributed by atoms with E-state index in [1.165, 1.54) is 22.5 Å². The first kappa shape index (κ1) is 24.6. The van der Waals surface area contributed by atoms with Crippen LogP contribution in [-0.2, 0) is 14.8 Å². The van der Waals surface area contributed by atoms with Crippen molar-refractivity contribution in [3.8, 4) is 16.9 Å². The summed E-state index contributed by atoms with van der Waals surface area (Å²) in [5, 5.41) is 9.76. The zero-order chi connectivity index (χ0) is 24.6. The minimum Gasteiger partial charge on any atom is -0.487 e.